The van der Waals surface area contributed by atoms with E-state index in [4.69, 9.17) is 21.4 Å². The van der Waals surface area contributed by atoms with Gasteiger partial charge in [0.1, 0.15) is 11.3 Å². The van der Waals surface area contributed by atoms with E-state index in [2.05, 4.69) is 43.3 Å². The molecule has 1 aromatic heterocycles. The van der Waals surface area contributed by atoms with Crippen LogP contribution >= 0.6 is 12.2 Å². The summed E-state index contributed by atoms with van der Waals surface area (Å²) >= 11 is 5.26. The van der Waals surface area contributed by atoms with E-state index in [1.54, 1.807) is 0 Å². The summed E-state index contributed by atoms with van der Waals surface area (Å²) in [7, 11) is 0. The van der Waals surface area contributed by atoms with E-state index >= 15 is 0 Å². The highest BCUT2D eigenvalue weighted by Crippen LogP contribution is 2.22. The number of carbonyl (C=O) groups is 1. The van der Waals surface area contributed by atoms with Gasteiger partial charge in [-0.05, 0) is 90.6 Å². The number of benzene rings is 3. The molecule has 0 aliphatic rings. The lowest BCUT2D eigenvalue weighted by Gasteiger charge is -2.11. The second-order valence-electron chi connectivity index (χ2n) is 8.90. The summed E-state index contributed by atoms with van der Waals surface area (Å²) in [6.45, 7) is 8.27. The van der Waals surface area contributed by atoms with Gasteiger partial charge in [0.15, 0.2) is 23.2 Å². The lowest BCUT2D eigenvalue weighted by Crippen LogP contribution is -2.37. The maximum Gasteiger partial charge on any atom is 0.264 e. The van der Waals surface area contributed by atoms with Crippen molar-refractivity contribution < 1.29 is 13.9 Å². The minimum Gasteiger partial charge on any atom is -0.484 e. The van der Waals surface area contributed by atoms with Crippen LogP contribution in [0.15, 0.2) is 65.1 Å². The van der Waals surface area contributed by atoms with Gasteiger partial charge in [-0.2, -0.15) is 0 Å². The molecule has 35 heavy (non-hydrogen) atoms. The molecule has 0 unspecified atom stereocenters. The summed E-state index contributed by atoms with van der Waals surface area (Å²) in [5.41, 5.74) is 7.11. The topological polar surface area (TPSA) is 76.4 Å². The summed E-state index contributed by atoms with van der Waals surface area (Å²) in [5, 5.41) is 5.87. The Morgan fingerprint density at radius 1 is 1.03 bits per heavy atom. The van der Waals surface area contributed by atoms with Crippen LogP contribution in [0.3, 0.4) is 0 Å². The zero-order valence-corrected chi connectivity index (χ0v) is 21.2. The number of anilines is 1. The van der Waals surface area contributed by atoms with Crippen LogP contribution in [0.5, 0.6) is 5.75 Å². The molecule has 4 aromatic rings. The molecule has 0 radical (unpaired) electrons. The molecule has 4 rings (SSSR count). The van der Waals surface area contributed by atoms with Crippen molar-refractivity contribution in [2.45, 2.75) is 40.0 Å². The molecule has 0 aliphatic heterocycles. The Kier molecular flexibility index (Phi) is 7.46. The van der Waals surface area contributed by atoms with Gasteiger partial charge in [0.2, 0.25) is 0 Å². The summed E-state index contributed by atoms with van der Waals surface area (Å²) in [6, 6.07) is 19.6. The van der Waals surface area contributed by atoms with E-state index < -0.39 is 0 Å². The van der Waals surface area contributed by atoms with Gasteiger partial charge in [-0.15, -0.1) is 0 Å². The highest BCUT2D eigenvalue weighted by atomic mass is 32.1. The van der Waals surface area contributed by atoms with Crippen LogP contribution in [0.1, 0.15) is 47.9 Å². The Labute approximate surface area is 210 Å². The van der Waals surface area contributed by atoms with Crippen LogP contribution in [0.4, 0.5) is 5.69 Å². The number of fused-ring (bicyclic) bond motifs is 1. The van der Waals surface area contributed by atoms with Crippen LogP contribution in [-0.4, -0.2) is 22.6 Å². The first-order chi connectivity index (χ1) is 16.8. The first kappa shape index (κ1) is 24.4. The number of rotatable bonds is 7. The smallest absolute Gasteiger partial charge is 0.264 e. The zero-order chi connectivity index (χ0) is 24.9. The fourth-order valence-electron chi connectivity index (χ4n) is 3.61. The van der Waals surface area contributed by atoms with Crippen molar-refractivity contribution >= 4 is 40.0 Å². The number of nitrogens with zero attached hydrogens (tertiary/aromatic N) is 1. The van der Waals surface area contributed by atoms with E-state index in [0.29, 0.717) is 24.0 Å². The van der Waals surface area contributed by atoms with Gasteiger partial charge in [-0.3, -0.25) is 10.1 Å². The molecule has 0 saturated carbocycles. The normalized spacial score (nSPS) is 11.0. The Morgan fingerprint density at radius 2 is 1.71 bits per heavy atom. The fourth-order valence-corrected chi connectivity index (χ4v) is 3.84. The lowest BCUT2D eigenvalue weighted by molar-refractivity contribution is -0.121. The number of carbonyl (C=O) groups excluding carboxylic acids is 1. The van der Waals surface area contributed by atoms with E-state index in [0.717, 1.165) is 22.4 Å². The average Bonchev–Trinajstić information content (AvgIpc) is 3.20. The first-order valence-corrected chi connectivity index (χ1v) is 12.0. The van der Waals surface area contributed by atoms with Crippen molar-refractivity contribution in [3.63, 3.8) is 0 Å². The Bertz CT molecular complexity index is 1300. The third-order valence-corrected chi connectivity index (χ3v) is 5.99. The highest BCUT2D eigenvalue weighted by molar-refractivity contribution is 7.80. The Hall–Kier alpha value is -3.71. The molecule has 0 saturated heterocycles. The van der Waals surface area contributed by atoms with Gasteiger partial charge in [-0.1, -0.05) is 38.1 Å². The van der Waals surface area contributed by atoms with Gasteiger partial charge in [0.05, 0.1) is 0 Å². The van der Waals surface area contributed by atoms with Gasteiger partial charge >= 0.3 is 0 Å². The van der Waals surface area contributed by atoms with Gasteiger partial charge < -0.3 is 14.5 Å². The van der Waals surface area contributed by atoms with E-state index in [1.165, 1.54) is 16.7 Å². The molecule has 0 fully saturated rings. The molecule has 6 nitrogen and oxygen atoms in total. The van der Waals surface area contributed by atoms with Crippen LogP contribution in [0.2, 0.25) is 0 Å². The minimum atomic E-state index is -0.325. The van der Waals surface area contributed by atoms with Crippen LogP contribution in [0, 0.1) is 13.8 Å². The molecule has 1 heterocycles. The molecule has 1 amide bonds. The van der Waals surface area contributed by atoms with E-state index in [1.807, 2.05) is 60.7 Å². The first-order valence-electron chi connectivity index (χ1n) is 11.6. The summed E-state index contributed by atoms with van der Waals surface area (Å²) in [4.78, 5) is 16.8. The van der Waals surface area contributed by atoms with Crippen LogP contribution in [-0.2, 0) is 11.2 Å². The number of ether oxygens (including phenoxy) is 1. The summed E-state index contributed by atoms with van der Waals surface area (Å²) < 4.78 is 11.5. The number of aromatic nitrogens is 1. The molecule has 180 valence electrons. The number of oxazole rings is 1. The quantitative estimate of drug-likeness (QED) is 0.309. The van der Waals surface area contributed by atoms with Crippen molar-refractivity contribution in [3.05, 3.63) is 88.8 Å². The molecular weight excluding hydrogens is 458 g/mol. The average molecular weight is 488 g/mol. The van der Waals surface area contributed by atoms with Crippen molar-refractivity contribution in [1.82, 2.24) is 10.3 Å². The Balaban J connectivity index is 1.26. The zero-order valence-electron chi connectivity index (χ0n) is 20.3. The second-order valence-corrected chi connectivity index (χ2v) is 9.31. The van der Waals surface area contributed by atoms with Crippen molar-refractivity contribution in [2.75, 3.05) is 11.9 Å². The van der Waals surface area contributed by atoms with Crippen molar-refractivity contribution in [1.29, 1.82) is 0 Å². The molecule has 3 aromatic carbocycles. The third-order valence-electron chi connectivity index (χ3n) is 5.79. The lowest BCUT2D eigenvalue weighted by atomic mass is 10.0. The monoisotopic (exact) mass is 487 g/mol. The van der Waals surface area contributed by atoms with Gasteiger partial charge in [0, 0.05) is 12.1 Å². The largest absolute Gasteiger partial charge is 0.484 e. The van der Waals surface area contributed by atoms with Crippen molar-refractivity contribution in [3.8, 4) is 5.75 Å². The van der Waals surface area contributed by atoms with Gasteiger partial charge in [0.25, 0.3) is 5.91 Å². The number of thiocarbonyl (C=S) groups is 1. The van der Waals surface area contributed by atoms with Crippen LogP contribution < -0.4 is 15.4 Å². The number of hydrogen-bond acceptors (Lipinski definition) is 5. The maximum atomic E-state index is 12.2. The number of hydrogen-bond donors (Lipinski definition) is 2. The highest BCUT2D eigenvalue weighted by Gasteiger charge is 2.10. The third kappa shape index (κ3) is 6.45. The predicted molar refractivity (Wildman–Crippen MR) is 143 cm³/mol. The van der Waals surface area contributed by atoms with Gasteiger partial charge in [-0.25, -0.2) is 4.98 Å². The molecule has 0 atom stereocenters. The van der Waals surface area contributed by atoms with Crippen molar-refractivity contribution in [2.24, 2.45) is 0 Å². The SMILES string of the molecule is Cc1cc2nc(Cc3ccc(NC(=S)NC(=O)COc4ccc(C(C)C)cc4)cc3)oc2cc1C. The number of aryl methyl sites for hydroxylation is 2. The molecular formula is C28H29N3O3S. The van der Waals surface area contributed by atoms with E-state index in [9.17, 15) is 4.79 Å². The molecule has 2 N–H and O–H groups in total. The second kappa shape index (κ2) is 10.7. The molecule has 7 heteroatoms. The summed E-state index contributed by atoms with van der Waals surface area (Å²) in [6.07, 6.45) is 0.587. The molecule has 0 spiro atoms. The number of amides is 1. The molecule has 0 bridgehead atoms. The predicted octanol–water partition coefficient (Wildman–Crippen LogP) is 6.05. The fraction of sp³-hybridized carbons (Fsp3) is 0.250. The number of nitrogens with one attached hydrogen (secondary N) is 2. The molecule has 0 aliphatic carbocycles. The standard InChI is InChI=1S/C28H29N3O3S/c1-17(2)21-7-11-23(12-8-21)33-16-26(32)31-28(35)29-22-9-5-20(6-10-22)15-27-30-24-13-18(3)19(4)14-25(24)34-27/h5-14,17H,15-16H2,1-4H3,(H2,29,31,32,35). The maximum absolute atomic E-state index is 12.2. The Morgan fingerprint density at radius 3 is 2.40 bits per heavy atom. The summed E-state index contributed by atoms with van der Waals surface area (Å²) in [5.74, 6) is 1.43. The van der Waals surface area contributed by atoms with Crippen LogP contribution in [0.25, 0.3) is 11.1 Å². The van der Waals surface area contributed by atoms with E-state index in [-0.39, 0.29) is 17.6 Å². The minimum absolute atomic E-state index is 0.120.